The first-order valence-corrected chi connectivity index (χ1v) is 6.20. The van der Waals surface area contributed by atoms with E-state index >= 15 is 0 Å². The molecular formula is C14H22N2O3. The van der Waals surface area contributed by atoms with E-state index < -0.39 is 11.7 Å². The standard InChI is InChI=1S/C14H22N2O3/c1-9-7-15-11(10(2)12(9)18-6)8-16-13(17)19-14(3,4)5/h7H,8H2,1-6H3,(H,16,17). The highest BCUT2D eigenvalue weighted by Crippen LogP contribution is 2.23. The molecule has 0 spiro atoms. The van der Waals surface area contributed by atoms with Gasteiger partial charge in [0.25, 0.3) is 0 Å². The van der Waals surface area contributed by atoms with Gasteiger partial charge in [0, 0.05) is 17.3 Å². The van der Waals surface area contributed by atoms with Crippen molar-refractivity contribution in [2.45, 2.75) is 46.8 Å². The third-order valence-electron chi connectivity index (χ3n) is 2.55. The van der Waals surface area contributed by atoms with Crippen LogP contribution in [0.25, 0.3) is 0 Å². The van der Waals surface area contributed by atoms with Crippen LogP contribution in [0.15, 0.2) is 6.20 Å². The molecule has 0 aliphatic rings. The predicted molar refractivity (Wildman–Crippen MR) is 73.3 cm³/mol. The Morgan fingerprint density at radius 1 is 1.37 bits per heavy atom. The van der Waals surface area contributed by atoms with E-state index in [9.17, 15) is 4.79 Å². The van der Waals surface area contributed by atoms with Crippen molar-refractivity contribution in [2.24, 2.45) is 0 Å². The summed E-state index contributed by atoms with van der Waals surface area (Å²) < 4.78 is 10.5. The Labute approximate surface area is 114 Å². The molecule has 1 amide bonds. The fraction of sp³-hybridized carbons (Fsp3) is 0.571. The molecule has 0 fully saturated rings. The van der Waals surface area contributed by atoms with E-state index in [1.54, 1.807) is 13.3 Å². The number of nitrogens with one attached hydrogen (secondary N) is 1. The average Bonchev–Trinajstić information content (AvgIpc) is 2.26. The minimum atomic E-state index is -0.502. The lowest BCUT2D eigenvalue weighted by molar-refractivity contribution is 0.0523. The molecule has 0 saturated carbocycles. The number of ether oxygens (including phenoxy) is 2. The van der Waals surface area contributed by atoms with E-state index in [1.165, 1.54) is 0 Å². The van der Waals surface area contributed by atoms with Crippen molar-refractivity contribution < 1.29 is 14.3 Å². The second kappa shape index (κ2) is 5.91. The molecule has 106 valence electrons. The van der Waals surface area contributed by atoms with Crippen LogP contribution in [0.3, 0.4) is 0 Å². The topological polar surface area (TPSA) is 60.5 Å². The van der Waals surface area contributed by atoms with E-state index in [4.69, 9.17) is 9.47 Å². The molecule has 0 aliphatic heterocycles. The number of methoxy groups -OCH3 is 1. The first-order chi connectivity index (χ1) is 8.74. The number of carbonyl (C=O) groups excluding carboxylic acids is 1. The second-order valence-corrected chi connectivity index (χ2v) is 5.40. The lowest BCUT2D eigenvalue weighted by Gasteiger charge is -2.20. The third-order valence-corrected chi connectivity index (χ3v) is 2.55. The number of amides is 1. The lowest BCUT2D eigenvalue weighted by Crippen LogP contribution is -2.32. The predicted octanol–water partition coefficient (Wildman–Crippen LogP) is 2.73. The number of alkyl carbamates (subject to hydrolysis) is 1. The third kappa shape index (κ3) is 4.43. The first-order valence-electron chi connectivity index (χ1n) is 6.20. The molecular weight excluding hydrogens is 244 g/mol. The molecule has 5 heteroatoms. The summed E-state index contributed by atoms with van der Waals surface area (Å²) in [5.41, 5.74) is 2.17. The van der Waals surface area contributed by atoms with Gasteiger partial charge in [-0.3, -0.25) is 4.98 Å². The number of pyridine rings is 1. The zero-order chi connectivity index (χ0) is 14.6. The molecule has 0 saturated heterocycles. The van der Waals surface area contributed by atoms with Crippen molar-refractivity contribution in [1.82, 2.24) is 10.3 Å². The molecule has 0 radical (unpaired) electrons. The summed E-state index contributed by atoms with van der Waals surface area (Å²) in [6.07, 6.45) is 1.28. The van der Waals surface area contributed by atoms with Gasteiger partial charge < -0.3 is 14.8 Å². The molecule has 0 atom stereocenters. The Morgan fingerprint density at radius 3 is 2.53 bits per heavy atom. The molecule has 0 aliphatic carbocycles. The SMILES string of the molecule is COc1c(C)cnc(CNC(=O)OC(C)(C)C)c1C. The molecule has 5 nitrogen and oxygen atoms in total. The van der Waals surface area contributed by atoms with Gasteiger partial charge in [-0.25, -0.2) is 4.79 Å². The maximum atomic E-state index is 11.6. The van der Waals surface area contributed by atoms with Crippen molar-refractivity contribution in [3.63, 3.8) is 0 Å². The number of aryl methyl sites for hydroxylation is 1. The van der Waals surface area contributed by atoms with E-state index in [2.05, 4.69) is 10.3 Å². The van der Waals surface area contributed by atoms with Crippen molar-refractivity contribution in [1.29, 1.82) is 0 Å². The monoisotopic (exact) mass is 266 g/mol. The molecule has 1 heterocycles. The van der Waals surface area contributed by atoms with Crippen LogP contribution in [-0.2, 0) is 11.3 Å². The van der Waals surface area contributed by atoms with Gasteiger partial charge in [0.1, 0.15) is 11.4 Å². The van der Waals surface area contributed by atoms with Crippen LogP contribution < -0.4 is 10.1 Å². The molecule has 0 unspecified atom stereocenters. The quantitative estimate of drug-likeness (QED) is 0.913. The van der Waals surface area contributed by atoms with Gasteiger partial charge in [-0.05, 0) is 34.6 Å². The van der Waals surface area contributed by atoms with Crippen LogP contribution in [0.1, 0.15) is 37.6 Å². The van der Waals surface area contributed by atoms with E-state index in [1.807, 2.05) is 34.6 Å². The maximum absolute atomic E-state index is 11.6. The highest BCUT2D eigenvalue weighted by atomic mass is 16.6. The molecule has 0 aromatic carbocycles. The number of rotatable bonds is 3. The first kappa shape index (κ1) is 15.3. The van der Waals surface area contributed by atoms with Crippen LogP contribution in [0.5, 0.6) is 5.75 Å². The Kier molecular flexibility index (Phi) is 4.75. The van der Waals surface area contributed by atoms with E-state index in [0.717, 1.165) is 22.6 Å². The Balaban J connectivity index is 2.71. The highest BCUT2D eigenvalue weighted by Gasteiger charge is 2.16. The van der Waals surface area contributed by atoms with Crippen molar-refractivity contribution in [3.8, 4) is 5.75 Å². The number of nitrogens with zero attached hydrogens (tertiary/aromatic N) is 1. The summed E-state index contributed by atoms with van der Waals surface area (Å²) in [4.78, 5) is 15.9. The summed E-state index contributed by atoms with van der Waals surface area (Å²) in [5, 5.41) is 2.69. The van der Waals surface area contributed by atoms with Gasteiger partial charge in [-0.2, -0.15) is 0 Å². The van der Waals surface area contributed by atoms with Crippen LogP contribution in [0.2, 0.25) is 0 Å². The maximum Gasteiger partial charge on any atom is 0.407 e. The Morgan fingerprint density at radius 2 is 2.00 bits per heavy atom. The zero-order valence-electron chi connectivity index (χ0n) is 12.5. The van der Waals surface area contributed by atoms with Crippen LogP contribution in [0.4, 0.5) is 4.79 Å². The number of hydrogen-bond donors (Lipinski definition) is 1. The Bertz CT molecular complexity index is 464. The number of aromatic nitrogens is 1. The van der Waals surface area contributed by atoms with Gasteiger partial charge in [0.15, 0.2) is 0 Å². The molecule has 1 N–H and O–H groups in total. The summed E-state index contributed by atoms with van der Waals surface area (Å²) in [7, 11) is 1.63. The summed E-state index contributed by atoms with van der Waals surface area (Å²) >= 11 is 0. The van der Waals surface area contributed by atoms with Crippen molar-refractivity contribution in [3.05, 3.63) is 23.0 Å². The summed E-state index contributed by atoms with van der Waals surface area (Å²) in [5.74, 6) is 0.802. The van der Waals surface area contributed by atoms with E-state index in [-0.39, 0.29) is 0 Å². The molecule has 0 bridgehead atoms. The minimum Gasteiger partial charge on any atom is -0.496 e. The fourth-order valence-electron chi connectivity index (χ4n) is 1.72. The smallest absolute Gasteiger partial charge is 0.407 e. The average molecular weight is 266 g/mol. The largest absolute Gasteiger partial charge is 0.496 e. The molecule has 1 rings (SSSR count). The second-order valence-electron chi connectivity index (χ2n) is 5.40. The molecule has 1 aromatic rings. The molecule has 19 heavy (non-hydrogen) atoms. The van der Waals surface area contributed by atoms with Crippen molar-refractivity contribution in [2.75, 3.05) is 7.11 Å². The van der Waals surface area contributed by atoms with Gasteiger partial charge in [-0.15, -0.1) is 0 Å². The Hall–Kier alpha value is -1.78. The highest BCUT2D eigenvalue weighted by molar-refractivity contribution is 5.67. The van der Waals surface area contributed by atoms with Gasteiger partial charge >= 0.3 is 6.09 Å². The van der Waals surface area contributed by atoms with Gasteiger partial charge in [0.05, 0.1) is 19.3 Å². The zero-order valence-corrected chi connectivity index (χ0v) is 12.5. The van der Waals surface area contributed by atoms with Crippen molar-refractivity contribution >= 4 is 6.09 Å². The van der Waals surface area contributed by atoms with Crippen LogP contribution in [0, 0.1) is 13.8 Å². The van der Waals surface area contributed by atoms with E-state index in [0.29, 0.717) is 6.54 Å². The van der Waals surface area contributed by atoms with Crippen LogP contribution in [-0.4, -0.2) is 23.8 Å². The minimum absolute atomic E-state index is 0.317. The normalized spacial score (nSPS) is 11.1. The van der Waals surface area contributed by atoms with Gasteiger partial charge in [-0.1, -0.05) is 0 Å². The van der Waals surface area contributed by atoms with Crippen LogP contribution >= 0.6 is 0 Å². The number of hydrogen-bond acceptors (Lipinski definition) is 4. The summed E-state index contributed by atoms with van der Waals surface area (Å²) in [6, 6.07) is 0. The molecule has 1 aromatic heterocycles. The summed E-state index contributed by atoms with van der Waals surface area (Å²) in [6.45, 7) is 9.65. The number of carbonyl (C=O) groups is 1. The lowest BCUT2D eigenvalue weighted by atomic mass is 10.1. The fourth-order valence-corrected chi connectivity index (χ4v) is 1.72. The van der Waals surface area contributed by atoms with Gasteiger partial charge in [0.2, 0.25) is 0 Å².